The Morgan fingerprint density at radius 2 is 2.00 bits per heavy atom. The first kappa shape index (κ1) is 14.9. The smallest absolute Gasteiger partial charge is 0.296 e. The van der Waals surface area contributed by atoms with Crippen LogP contribution in [0.5, 0.6) is 5.75 Å². The van der Waals surface area contributed by atoms with E-state index in [1.54, 1.807) is 24.3 Å². The molecule has 1 aromatic carbocycles. The number of nitrogens with zero attached hydrogens (tertiary/aromatic N) is 1. The molecule has 6 heteroatoms. The average Bonchev–Trinajstić information content (AvgIpc) is 2.35. The molecule has 0 fully saturated rings. The second kappa shape index (κ2) is 8.07. The lowest BCUT2D eigenvalue weighted by atomic mass is 10.2. The highest BCUT2D eigenvalue weighted by atomic mass is 16.6. The van der Waals surface area contributed by atoms with E-state index in [1.807, 2.05) is 0 Å². The van der Waals surface area contributed by atoms with Crippen LogP contribution in [0, 0.1) is 10.1 Å². The standard InChI is InChI=1S/C13H18N2O4/c1-2-3-4-9-19-12-7-5-11(6-8-12)14-13(16)10-15(17)18/h5-8H,2-4,9-10H2,1H3,(H,14,16). The highest BCUT2D eigenvalue weighted by molar-refractivity contribution is 5.91. The summed E-state index contributed by atoms with van der Waals surface area (Å²) in [6.07, 6.45) is 3.29. The molecule has 1 N–H and O–H groups in total. The van der Waals surface area contributed by atoms with Crippen molar-refractivity contribution in [2.24, 2.45) is 0 Å². The monoisotopic (exact) mass is 266 g/mol. The normalized spacial score (nSPS) is 9.95. The van der Waals surface area contributed by atoms with E-state index in [0.717, 1.165) is 25.0 Å². The molecule has 0 heterocycles. The zero-order chi connectivity index (χ0) is 14.1. The molecule has 0 atom stereocenters. The van der Waals surface area contributed by atoms with Gasteiger partial charge in [0, 0.05) is 10.6 Å². The van der Waals surface area contributed by atoms with E-state index in [9.17, 15) is 14.9 Å². The van der Waals surface area contributed by atoms with Gasteiger partial charge in [0.25, 0.3) is 12.5 Å². The number of nitrogens with one attached hydrogen (secondary N) is 1. The van der Waals surface area contributed by atoms with E-state index in [-0.39, 0.29) is 0 Å². The van der Waals surface area contributed by atoms with Gasteiger partial charge < -0.3 is 10.1 Å². The van der Waals surface area contributed by atoms with Gasteiger partial charge in [-0.3, -0.25) is 14.9 Å². The highest BCUT2D eigenvalue weighted by Gasteiger charge is 2.09. The molecule has 0 aliphatic heterocycles. The van der Waals surface area contributed by atoms with Crippen molar-refractivity contribution in [2.45, 2.75) is 26.2 Å². The molecular weight excluding hydrogens is 248 g/mol. The van der Waals surface area contributed by atoms with Crippen LogP contribution >= 0.6 is 0 Å². The number of ether oxygens (including phenoxy) is 1. The third-order valence-electron chi connectivity index (χ3n) is 2.43. The molecule has 0 radical (unpaired) electrons. The number of anilines is 1. The molecule has 0 bridgehead atoms. The Morgan fingerprint density at radius 3 is 2.58 bits per heavy atom. The zero-order valence-corrected chi connectivity index (χ0v) is 10.9. The van der Waals surface area contributed by atoms with Crippen molar-refractivity contribution in [2.75, 3.05) is 18.5 Å². The summed E-state index contributed by atoms with van der Waals surface area (Å²) in [5, 5.41) is 12.6. The van der Waals surface area contributed by atoms with Crippen LogP contribution in [-0.2, 0) is 4.79 Å². The minimum absolute atomic E-state index is 0.521. The lowest BCUT2D eigenvalue weighted by Gasteiger charge is -2.07. The summed E-state index contributed by atoms with van der Waals surface area (Å²) in [5.41, 5.74) is 0.521. The predicted molar refractivity (Wildman–Crippen MR) is 72.0 cm³/mol. The fraction of sp³-hybridized carbons (Fsp3) is 0.462. The molecule has 0 saturated heterocycles. The van der Waals surface area contributed by atoms with Crippen LogP contribution in [0.25, 0.3) is 0 Å². The van der Waals surface area contributed by atoms with Gasteiger partial charge in [-0.2, -0.15) is 0 Å². The van der Waals surface area contributed by atoms with Gasteiger partial charge in [0.15, 0.2) is 0 Å². The van der Waals surface area contributed by atoms with E-state index in [0.29, 0.717) is 12.3 Å². The Bertz CT molecular complexity index is 417. The number of carbonyl (C=O) groups excluding carboxylic acids is 1. The number of carbonyl (C=O) groups is 1. The Balaban J connectivity index is 2.38. The van der Waals surface area contributed by atoms with Crippen molar-refractivity contribution in [1.29, 1.82) is 0 Å². The maximum absolute atomic E-state index is 11.2. The van der Waals surface area contributed by atoms with E-state index in [4.69, 9.17) is 4.74 Å². The van der Waals surface area contributed by atoms with Crippen LogP contribution in [0.3, 0.4) is 0 Å². The summed E-state index contributed by atoms with van der Waals surface area (Å²) >= 11 is 0. The Morgan fingerprint density at radius 1 is 1.32 bits per heavy atom. The maximum Gasteiger partial charge on any atom is 0.296 e. The number of unbranched alkanes of at least 4 members (excludes halogenated alkanes) is 2. The number of hydrogen-bond acceptors (Lipinski definition) is 4. The van der Waals surface area contributed by atoms with Gasteiger partial charge in [-0.05, 0) is 30.7 Å². The molecule has 1 rings (SSSR count). The fourth-order valence-corrected chi connectivity index (χ4v) is 1.49. The lowest BCUT2D eigenvalue weighted by Crippen LogP contribution is -2.21. The Kier molecular flexibility index (Phi) is 6.35. The van der Waals surface area contributed by atoms with Crippen LogP contribution in [0.2, 0.25) is 0 Å². The number of nitro groups is 1. The van der Waals surface area contributed by atoms with Gasteiger partial charge in [-0.1, -0.05) is 19.8 Å². The summed E-state index contributed by atoms with van der Waals surface area (Å²) in [5.74, 6) is 0.0880. The molecule has 19 heavy (non-hydrogen) atoms. The predicted octanol–water partition coefficient (Wildman–Crippen LogP) is 2.47. The van der Waals surface area contributed by atoms with E-state index in [1.165, 1.54) is 0 Å². The zero-order valence-electron chi connectivity index (χ0n) is 10.9. The van der Waals surface area contributed by atoms with Crippen LogP contribution in [-0.4, -0.2) is 24.0 Å². The lowest BCUT2D eigenvalue weighted by molar-refractivity contribution is -0.467. The van der Waals surface area contributed by atoms with Gasteiger partial charge in [0.2, 0.25) is 0 Å². The van der Waals surface area contributed by atoms with Crippen LogP contribution in [0.15, 0.2) is 24.3 Å². The van der Waals surface area contributed by atoms with Crippen LogP contribution in [0.1, 0.15) is 26.2 Å². The molecular formula is C13H18N2O4. The summed E-state index contributed by atoms with van der Waals surface area (Å²) < 4.78 is 5.51. The molecule has 0 aliphatic carbocycles. The molecule has 0 unspecified atom stereocenters. The fourth-order valence-electron chi connectivity index (χ4n) is 1.49. The first-order valence-electron chi connectivity index (χ1n) is 6.26. The molecule has 0 aromatic heterocycles. The first-order chi connectivity index (χ1) is 9.11. The van der Waals surface area contributed by atoms with Crippen molar-refractivity contribution in [3.8, 4) is 5.75 Å². The molecule has 1 aromatic rings. The number of hydrogen-bond donors (Lipinski definition) is 1. The highest BCUT2D eigenvalue weighted by Crippen LogP contribution is 2.16. The van der Waals surface area contributed by atoms with Crippen molar-refractivity contribution >= 4 is 11.6 Å². The first-order valence-corrected chi connectivity index (χ1v) is 6.26. The number of benzene rings is 1. The topological polar surface area (TPSA) is 81.5 Å². The Hall–Kier alpha value is -2.11. The maximum atomic E-state index is 11.2. The second-order valence-corrected chi connectivity index (χ2v) is 4.12. The second-order valence-electron chi connectivity index (χ2n) is 4.12. The molecule has 0 spiro atoms. The Labute approximate surface area is 111 Å². The quantitative estimate of drug-likeness (QED) is 0.445. The van der Waals surface area contributed by atoms with Crippen molar-refractivity contribution in [3.63, 3.8) is 0 Å². The van der Waals surface area contributed by atoms with Crippen LogP contribution < -0.4 is 10.1 Å². The minimum Gasteiger partial charge on any atom is -0.494 e. The van der Waals surface area contributed by atoms with Gasteiger partial charge in [0.1, 0.15) is 5.75 Å². The van der Waals surface area contributed by atoms with Gasteiger partial charge >= 0.3 is 0 Å². The largest absolute Gasteiger partial charge is 0.494 e. The van der Waals surface area contributed by atoms with Crippen molar-refractivity contribution in [1.82, 2.24) is 0 Å². The summed E-state index contributed by atoms with van der Waals surface area (Å²) in [4.78, 5) is 20.7. The molecule has 1 amide bonds. The molecule has 104 valence electrons. The number of amides is 1. The number of rotatable bonds is 8. The van der Waals surface area contributed by atoms with Gasteiger partial charge in [0.05, 0.1) is 6.61 Å². The van der Waals surface area contributed by atoms with Crippen molar-refractivity contribution in [3.05, 3.63) is 34.4 Å². The van der Waals surface area contributed by atoms with E-state index in [2.05, 4.69) is 12.2 Å². The molecule has 6 nitrogen and oxygen atoms in total. The van der Waals surface area contributed by atoms with Gasteiger partial charge in [-0.15, -0.1) is 0 Å². The van der Waals surface area contributed by atoms with E-state index >= 15 is 0 Å². The average molecular weight is 266 g/mol. The third-order valence-corrected chi connectivity index (χ3v) is 2.43. The van der Waals surface area contributed by atoms with Crippen LogP contribution in [0.4, 0.5) is 5.69 Å². The molecule has 0 aliphatic rings. The van der Waals surface area contributed by atoms with Gasteiger partial charge in [-0.25, -0.2) is 0 Å². The third kappa shape index (κ3) is 6.40. The minimum atomic E-state index is -0.727. The van der Waals surface area contributed by atoms with Crippen molar-refractivity contribution < 1.29 is 14.5 Å². The molecule has 0 saturated carbocycles. The summed E-state index contributed by atoms with van der Waals surface area (Å²) in [7, 11) is 0. The SMILES string of the molecule is CCCCCOc1ccc(NC(=O)C[N+](=O)[O-])cc1. The van der Waals surface area contributed by atoms with E-state index < -0.39 is 17.4 Å². The summed E-state index contributed by atoms with van der Waals surface area (Å²) in [6.45, 7) is 2.07. The summed E-state index contributed by atoms with van der Waals surface area (Å²) in [6, 6.07) is 6.78.